The summed E-state index contributed by atoms with van der Waals surface area (Å²) in [4.78, 5) is 13.5. The largest absolute Gasteiger partial charge is 0.314 e. The first-order valence-corrected chi connectivity index (χ1v) is 5.73. The van der Waals surface area contributed by atoms with E-state index in [1.807, 2.05) is 38.2 Å². The van der Waals surface area contributed by atoms with Crippen LogP contribution in [0.5, 0.6) is 0 Å². The molecule has 1 aliphatic rings. The van der Waals surface area contributed by atoms with E-state index in [0.717, 1.165) is 5.69 Å². The van der Waals surface area contributed by atoms with E-state index in [1.54, 1.807) is 4.90 Å². The summed E-state index contributed by atoms with van der Waals surface area (Å²) in [5.74, 6) is 0.121. The Labute approximate surface area is 96.5 Å². The van der Waals surface area contributed by atoms with Crippen molar-refractivity contribution in [3.8, 4) is 0 Å². The summed E-state index contributed by atoms with van der Waals surface area (Å²) in [6.45, 7) is 2.48. The zero-order chi connectivity index (χ0) is 11.5. The Bertz CT molecular complexity index is 368. The van der Waals surface area contributed by atoms with Crippen LogP contribution in [0.3, 0.4) is 0 Å². The fraction of sp³-hybridized carbons (Fsp3) is 0.462. The van der Waals surface area contributed by atoms with Gasteiger partial charge in [0.1, 0.15) is 0 Å². The first-order valence-electron chi connectivity index (χ1n) is 5.73. The summed E-state index contributed by atoms with van der Waals surface area (Å²) < 4.78 is 0. The van der Waals surface area contributed by atoms with Gasteiger partial charge in [0, 0.05) is 18.8 Å². The molecule has 0 spiro atoms. The van der Waals surface area contributed by atoms with Gasteiger partial charge in [-0.3, -0.25) is 4.79 Å². The number of nitrogens with one attached hydrogen (secondary N) is 1. The fourth-order valence-electron chi connectivity index (χ4n) is 1.55. The molecule has 2 rings (SSSR count). The summed E-state index contributed by atoms with van der Waals surface area (Å²) in [7, 11) is 1.82. The number of benzene rings is 1. The quantitative estimate of drug-likeness (QED) is 0.834. The predicted octanol–water partition coefficient (Wildman–Crippen LogP) is 1.71. The number of hydrogen-bond donors (Lipinski definition) is 1. The Morgan fingerprint density at radius 2 is 2.00 bits per heavy atom. The fourth-order valence-corrected chi connectivity index (χ4v) is 1.55. The Kier molecular flexibility index (Phi) is 3.25. The van der Waals surface area contributed by atoms with Crippen molar-refractivity contribution < 1.29 is 4.79 Å². The molecule has 1 aliphatic carbocycles. The highest BCUT2D eigenvalue weighted by atomic mass is 16.2. The summed E-state index contributed by atoms with van der Waals surface area (Å²) in [6, 6.07) is 8.57. The van der Waals surface area contributed by atoms with Gasteiger partial charge in [0.15, 0.2) is 0 Å². The van der Waals surface area contributed by atoms with E-state index in [9.17, 15) is 4.79 Å². The molecule has 1 saturated carbocycles. The molecule has 1 aromatic rings. The van der Waals surface area contributed by atoms with Crippen molar-refractivity contribution in [1.82, 2.24) is 5.32 Å². The first kappa shape index (κ1) is 11.1. The standard InChI is InChI=1S/C13H18N2O/c1-10-3-7-12(8-4-10)15(2)13(16)9-14-11-5-6-11/h3-4,7-8,11,14H,5-6,9H2,1-2H3. The van der Waals surface area contributed by atoms with Crippen molar-refractivity contribution in [3.63, 3.8) is 0 Å². The highest BCUT2D eigenvalue weighted by Gasteiger charge is 2.22. The van der Waals surface area contributed by atoms with Crippen molar-refractivity contribution in [1.29, 1.82) is 0 Å². The Hall–Kier alpha value is -1.35. The number of amides is 1. The molecule has 86 valence electrons. The molecule has 1 fully saturated rings. The number of carbonyl (C=O) groups excluding carboxylic acids is 1. The van der Waals surface area contributed by atoms with Crippen LogP contribution in [0.1, 0.15) is 18.4 Å². The van der Waals surface area contributed by atoms with E-state index in [4.69, 9.17) is 0 Å². The van der Waals surface area contributed by atoms with Crippen molar-refractivity contribution >= 4 is 11.6 Å². The number of nitrogens with zero attached hydrogens (tertiary/aromatic N) is 1. The van der Waals surface area contributed by atoms with Gasteiger partial charge < -0.3 is 10.2 Å². The summed E-state index contributed by atoms with van der Waals surface area (Å²) in [5.41, 5.74) is 2.16. The van der Waals surface area contributed by atoms with E-state index >= 15 is 0 Å². The van der Waals surface area contributed by atoms with Gasteiger partial charge in [-0.05, 0) is 31.9 Å². The Morgan fingerprint density at radius 1 is 1.38 bits per heavy atom. The van der Waals surface area contributed by atoms with Crippen LogP contribution >= 0.6 is 0 Å². The average molecular weight is 218 g/mol. The SMILES string of the molecule is Cc1ccc(N(C)C(=O)CNC2CC2)cc1. The molecule has 0 aromatic heterocycles. The zero-order valence-electron chi connectivity index (χ0n) is 9.86. The number of likely N-dealkylation sites (N-methyl/N-ethyl adjacent to an activating group) is 1. The monoisotopic (exact) mass is 218 g/mol. The van der Waals surface area contributed by atoms with Gasteiger partial charge in [0.05, 0.1) is 6.54 Å². The van der Waals surface area contributed by atoms with Gasteiger partial charge >= 0.3 is 0 Å². The summed E-state index contributed by atoms with van der Waals surface area (Å²) in [5, 5.41) is 3.23. The lowest BCUT2D eigenvalue weighted by atomic mass is 10.2. The van der Waals surface area contributed by atoms with Crippen LogP contribution in [0, 0.1) is 6.92 Å². The zero-order valence-corrected chi connectivity index (χ0v) is 9.86. The van der Waals surface area contributed by atoms with Crippen LogP contribution in [0.15, 0.2) is 24.3 Å². The van der Waals surface area contributed by atoms with Crippen LogP contribution in [0.2, 0.25) is 0 Å². The number of rotatable bonds is 4. The van der Waals surface area contributed by atoms with Crippen LogP contribution in [0.4, 0.5) is 5.69 Å². The molecule has 3 nitrogen and oxygen atoms in total. The van der Waals surface area contributed by atoms with E-state index < -0.39 is 0 Å². The van der Waals surface area contributed by atoms with E-state index in [0.29, 0.717) is 12.6 Å². The van der Waals surface area contributed by atoms with Crippen LogP contribution in [-0.4, -0.2) is 25.5 Å². The molecule has 3 heteroatoms. The molecule has 0 unspecified atom stereocenters. The lowest BCUT2D eigenvalue weighted by Gasteiger charge is -2.17. The smallest absolute Gasteiger partial charge is 0.240 e. The lowest BCUT2D eigenvalue weighted by Crippen LogP contribution is -2.36. The second-order valence-corrected chi connectivity index (χ2v) is 4.44. The summed E-state index contributed by atoms with van der Waals surface area (Å²) >= 11 is 0. The molecule has 0 radical (unpaired) electrons. The molecule has 0 atom stereocenters. The molecule has 0 aliphatic heterocycles. The van der Waals surface area contributed by atoms with E-state index in [1.165, 1.54) is 18.4 Å². The van der Waals surface area contributed by atoms with Crippen molar-refractivity contribution in [2.24, 2.45) is 0 Å². The summed E-state index contributed by atoms with van der Waals surface area (Å²) in [6.07, 6.45) is 2.42. The maximum absolute atomic E-state index is 11.8. The normalized spacial score (nSPS) is 14.9. The van der Waals surface area contributed by atoms with Gasteiger partial charge in [-0.15, -0.1) is 0 Å². The topological polar surface area (TPSA) is 32.3 Å². The Balaban J connectivity index is 1.91. The van der Waals surface area contributed by atoms with Crippen molar-refractivity contribution in [2.45, 2.75) is 25.8 Å². The van der Waals surface area contributed by atoms with E-state index in [-0.39, 0.29) is 5.91 Å². The third-order valence-corrected chi connectivity index (χ3v) is 2.91. The first-order chi connectivity index (χ1) is 7.66. The maximum Gasteiger partial charge on any atom is 0.240 e. The second kappa shape index (κ2) is 4.66. The highest BCUT2D eigenvalue weighted by molar-refractivity contribution is 5.94. The number of hydrogen-bond acceptors (Lipinski definition) is 2. The van der Waals surface area contributed by atoms with Gasteiger partial charge in [-0.1, -0.05) is 17.7 Å². The van der Waals surface area contributed by atoms with Gasteiger partial charge in [-0.2, -0.15) is 0 Å². The van der Waals surface area contributed by atoms with Gasteiger partial charge in [0.25, 0.3) is 0 Å². The predicted molar refractivity (Wildman–Crippen MR) is 65.6 cm³/mol. The molecule has 16 heavy (non-hydrogen) atoms. The Morgan fingerprint density at radius 3 is 2.56 bits per heavy atom. The number of carbonyl (C=O) groups is 1. The molecule has 1 N–H and O–H groups in total. The number of aryl methyl sites for hydroxylation is 1. The second-order valence-electron chi connectivity index (χ2n) is 4.44. The minimum absolute atomic E-state index is 0.121. The lowest BCUT2D eigenvalue weighted by molar-refractivity contribution is -0.117. The van der Waals surface area contributed by atoms with Gasteiger partial charge in [0.2, 0.25) is 5.91 Å². The van der Waals surface area contributed by atoms with Gasteiger partial charge in [-0.25, -0.2) is 0 Å². The van der Waals surface area contributed by atoms with Crippen molar-refractivity contribution in [3.05, 3.63) is 29.8 Å². The average Bonchev–Trinajstić information content (AvgIpc) is 3.10. The highest BCUT2D eigenvalue weighted by Crippen LogP contribution is 2.18. The minimum Gasteiger partial charge on any atom is -0.314 e. The number of anilines is 1. The van der Waals surface area contributed by atoms with E-state index in [2.05, 4.69) is 5.32 Å². The van der Waals surface area contributed by atoms with Crippen molar-refractivity contribution in [2.75, 3.05) is 18.5 Å². The van der Waals surface area contributed by atoms with Crippen LogP contribution in [-0.2, 0) is 4.79 Å². The molecule has 0 bridgehead atoms. The third kappa shape index (κ3) is 2.83. The molecule has 1 amide bonds. The molecular weight excluding hydrogens is 200 g/mol. The van der Waals surface area contributed by atoms with Crippen LogP contribution in [0.25, 0.3) is 0 Å². The third-order valence-electron chi connectivity index (χ3n) is 2.91. The minimum atomic E-state index is 0.121. The molecular formula is C13H18N2O. The molecule has 0 saturated heterocycles. The maximum atomic E-state index is 11.8. The molecule has 0 heterocycles. The molecule has 1 aromatic carbocycles. The van der Waals surface area contributed by atoms with Crippen LogP contribution < -0.4 is 10.2 Å².